The first-order chi connectivity index (χ1) is 17.3. The van der Waals surface area contributed by atoms with Crippen molar-refractivity contribution in [1.29, 1.82) is 0 Å². The van der Waals surface area contributed by atoms with Crippen molar-refractivity contribution in [2.45, 2.75) is 13.5 Å². The van der Waals surface area contributed by atoms with E-state index in [0.29, 0.717) is 32.0 Å². The third-order valence-corrected chi connectivity index (χ3v) is 8.05. The SMILES string of the molecule is CCS(=O)(=O)CCOc1cc(-n2ccccc2=O)ccc1-n1cc(CNC(=O)c2ccc(Cl)s2)nn1. The first-order valence-electron chi connectivity index (χ1n) is 10.9. The molecular weight excluding hydrogens is 526 g/mol. The lowest BCUT2D eigenvalue weighted by Gasteiger charge is -2.14. The molecule has 0 unspecified atom stereocenters. The molecular formula is C23H22ClN5O5S2. The Morgan fingerprint density at radius 1 is 1.19 bits per heavy atom. The summed E-state index contributed by atoms with van der Waals surface area (Å²) >= 11 is 7.06. The lowest BCUT2D eigenvalue weighted by atomic mass is 10.2. The van der Waals surface area contributed by atoms with Gasteiger partial charge in [-0.1, -0.05) is 29.8 Å². The summed E-state index contributed by atoms with van der Waals surface area (Å²) in [7, 11) is -3.23. The van der Waals surface area contributed by atoms with Crippen LogP contribution in [0.1, 0.15) is 22.3 Å². The number of pyridine rings is 1. The number of nitrogens with zero attached hydrogens (tertiary/aromatic N) is 4. The van der Waals surface area contributed by atoms with Crippen molar-refractivity contribution in [2.75, 3.05) is 18.1 Å². The van der Waals surface area contributed by atoms with Gasteiger partial charge in [-0.2, -0.15) is 0 Å². The zero-order valence-electron chi connectivity index (χ0n) is 19.1. The second-order valence-corrected chi connectivity index (χ2v) is 11.8. The maximum absolute atomic E-state index is 12.3. The van der Waals surface area contributed by atoms with E-state index in [1.54, 1.807) is 61.8 Å². The molecule has 1 amide bonds. The first kappa shape index (κ1) is 25.6. The molecule has 0 bridgehead atoms. The Balaban J connectivity index is 1.57. The average molecular weight is 548 g/mol. The van der Waals surface area contributed by atoms with E-state index in [1.165, 1.54) is 26.7 Å². The van der Waals surface area contributed by atoms with Crippen LogP contribution in [0.3, 0.4) is 0 Å². The highest BCUT2D eigenvalue weighted by atomic mass is 35.5. The number of hydrogen-bond acceptors (Lipinski definition) is 8. The molecule has 13 heteroatoms. The highest BCUT2D eigenvalue weighted by Crippen LogP contribution is 2.26. The predicted molar refractivity (Wildman–Crippen MR) is 137 cm³/mol. The number of amides is 1. The molecule has 0 aliphatic rings. The molecule has 4 aromatic rings. The van der Waals surface area contributed by atoms with Gasteiger partial charge in [-0.3, -0.25) is 14.2 Å². The zero-order valence-corrected chi connectivity index (χ0v) is 21.5. The van der Waals surface area contributed by atoms with Crippen LogP contribution in [0.15, 0.2) is 65.7 Å². The Kier molecular flexibility index (Phi) is 7.87. The molecule has 0 aliphatic carbocycles. The van der Waals surface area contributed by atoms with E-state index in [2.05, 4.69) is 15.6 Å². The van der Waals surface area contributed by atoms with Gasteiger partial charge < -0.3 is 10.1 Å². The molecule has 0 spiro atoms. The Morgan fingerprint density at radius 2 is 2.03 bits per heavy atom. The first-order valence-corrected chi connectivity index (χ1v) is 13.9. The third kappa shape index (κ3) is 6.20. The highest BCUT2D eigenvalue weighted by Gasteiger charge is 2.15. The van der Waals surface area contributed by atoms with E-state index in [1.807, 2.05) is 0 Å². The summed E-state index contributed by atoms with van der Waals surface area (Å²) in [4.78, 5) is 25.0. The standard InChI is InChI=1S/C23H22ClN5O5S2/c1-2-36(32,33)12-11-34-19-13-17(28-10-4-3-5-22(28)30)6-7-18(19)29-15-16(26-27-29)14-25-23(31)20-8-9-21(24)35-20/h3-10,13,15H,2,11-12,14H2,1H3,(H,25,31). The van der Waals surface area contributed by atoms with Crippen LogP contribution in [0.25, 0.3) is 11.4 Å². The smallest absolute Gasteiger partial charge is 0.261 e. The van der Waals surface area contributed by atoms with Crippen LogP contribution in [-0.4, -0.2) is 52.0 Å². The number of rotatable bonds is 10. The fraction of sp³-hybridized carbons (Fsp3) is 0.217. The lowest BCUT2D eigenvalue weighted by molar-refractivity contribution is 0.0954. The summed E-state index contributed by atoms with van der Waals surface area (Å²) in [5, 5.41) is 11.0. The van der Waals surface area contributed by atoms with E-state index in [9.17, 15) is 18.0 Å². The quantitative estimate of drug-likeness (QED) is 0.323. The summed E-state index contributed by atoms with van der Waals surface area (Å²) in [5.41, 5.74) is 1.30. The summed E-state index contributed by atoms with van der Waals surface area (Å²) in [6.45, 7) is 1.64. The topological polar surface area (TPSA) is 125 Å². The van der Waals surface area contributed by atoms with Gasteiger partial charge in [0.1, 0.15) is 23.7 Å². The van der Waals surface area contributed by atoms with Crippen LogP contribution in [0.5, 0.6) is 5.75 Å². The van der Waals surface area contributed by atoms with Gasteiger partial charge in [0.2, 0.25) is 0 Å². The average Bonchev–Trinajstić information content (AvgIpc) is 3.52. The van der Waals surface area contributed by atoms with Crippen molar-refractivity contribution in [3.8, 4) is 17.1 Å². The largest absolute Gasteiger partial charge is 0.490 e. The number of benzene rings is 1. The van der Waals surface area contributed by atoms with E-state index in [4.69, 9.17) is 16.3 Å². The van der Waals surface area contributed by atoms with Gasteiger partial charge in [0.15, 0.2) is 9.84 Å². The number of aromatic nitrogens is 4. The van der Waals surface area contributed by atoms with Gasteiger partial charge in [0, 0.05) is 24.1 Å². The fourth-order valence-electron chi connectivity index (χ4n) is 3.21. The van der Waals surface area contributed by atoms with Crippen LogP contribution >= 0.6 is 22.9 Å². The van der Waals surface area contributed by atoms with Crippen molar-refractivity contribution < 1.29 is 17.9 Å². The number of hydrogen-bond donors (Lipinski definition) is 1. The second-order valence-electron chi connectivity index (χ2n) is 7.59. The number of carbonyl (C=O) groups excluding carboxylic acids is 1. The highest BCUT2D eigenvalue weighted by molar-refractivity contribution is 7.91. The van der Waals surface area contributed by atoms with Crippen molar-refractivity contribution in [3.63, 3.8) is 0 Å². The molecule has 0 saturated carbocycles. The molecule has 0 aliphatic heterocycles. The maximum atomic E-state index is 12.3. The molecule has 0 fully saturated rings. The molecule has 10 nitrogen and oxygen atoms in total. The Hall–Kier alpha value is -3.48. The number of sulfone groups is 1. The van der Waals surface area contributed by atoms with Crippen molar-refractivity contribution in [1.82, 2.24) is 24.9 Å². The number of ether oxygens (including phenoxy) is 1. The molecule has 188 valence electrons. The van der Waals surface area contributed by atoms with Crippen molar-refractivity contribution >= 4 is 38.7 Å². The van der Waals surface area contributed by atoms with E-state index < -0.39 is 9.84 Å². The summed E-state index contributed by atoms with van der Waals surface area (Å²) in [5.74, 6) is -0.0956. The molecule has 3 heterocycles. The van der Waals surface area contributed by atoms with Gasteiger partial charge >= 0.3 is 0 Å². The van der Waals surface area contributed by atoms with E-state index in [0.717, 1.165) is 0 Å². The molecule has 4 rings (SSSR count). The van der Waals surface area contributed by atoms with E-state index in [-0.39, 0.29) is 36.1 Å². The normalized spacial score (nSPS) is 11.4. The van der Waals surface area contributed by atoms with Gasteiger partial charge in [-0.25, -0.2) is 13.1 Å². The monoisotopic (exact) mass is 547 g/mol. The van der Waals surface area contributed by atoms with Gasteiger partial charge in [-0.15, -0.1) is 16.4 Å². The number of halogens is 1. The molecule has 0 atom stereocenters. The lowest BCUT2D eigenvalue weighted by Crippen LogP contribution is -2.21. The molecule has 1 N–H and O–H groups in total. The minimum Gasteiger partial charge on any atom is -0.490 e. The Morgan fingerprint density at radius 3 is 2.75 bits per heavy atom. The summed E-state index contributed by atoms with van der Waals surface area (Å²) in [6, 6.07) is 13.1. The minimum atomic E-state index is -3.23. The Bertz CT molecular complexity index is 1540. The predicted octanol–water partition coefficient (Wildman–Crippen LogP) is 2.88. The molecule has 0 saturated heterocycles. The third-order valence-electron chi connectivity index (χ3n) is 5.15. The number of carbonyl (C=O) groups is 1. The van der Waals surface area contributed by atoms with Gasteiger partial charge in [0.25, 0.3) is 11.5 Å². The molecule has 36 heavy (non-hydrogen) atoms. The van der Waals surface area contributed by atoms with Gasteiger partial charge in [-0.05, 0) is 30.3 Å². The maximum Gasteiger partial charge on any atom is 0.261 e. The molecule has 1 aromatic carbocycles. The van der Waals surface area contributed by atoms with Gasteiger partial charge in [0.05, 0.1) is 33.4 Å². The number of thiophene rings is 1. The fourth-order valence-corrected chi connectivity index (χ4v) is 4.80. The summed E-state index contributed by atoms with van der Waals surface area (Å²) in [6.07, 6.45) is 3.25. The van der Waals surface area contributed by atoms with Crippen molar-refractivity contribution in [2.24, 2.45) is 0 Å². The molecule has 3 aromatic heterocycles. The van der Waals surface area contributed by atoms with Crippen LogP contribution in [-0.2, 0) is 16.4 Å². The minimum absolute atomic E-state index is 0.0124. The van der Waals surface area contributed by atoms with Crippen LogP contribution in [0.4, 0.5) is 0 Å². The molecule has 0 radical (unpaired) electrons. The van der Waals surface area contributed by atoms with Crippen molar-refractivity contribution in [3.05, 3.63) is 86.2 Å². The van der Waals surface area contributed by atoms with E-state index >= 15 is 0 Å². The van der Waals surface area contributed by atoms with Crippen LogP contribution < -0.4 is 15.6 Å². The van der Waals surface area contributed by atoms with Crippen LogP contribution in [0, 0.1) is 0 Å². The summed E-state index contributed by atoms with van der Waals surface area (Å²) < 4.78 is 33.1. The second kappa shape index (κ2) is 11.1. The zero-order chi connectivity index (χ0) is 25.7. The van der Waals surface area contributed by atoms with Crippen LogP contribution in [0.2, 0.25) is 4.34 Å². The number of nitrogens with one attached hydrogen (secondary N) is 1. The Labute approximate surface area is 216 Å².